The fraction of sp³-hybridized carbons (Fsp3) is 0.263. The Hall–Kier alpha value is -3.22. The number of ether oxygens (including phenoxy) is 4. The second kappa shape index (κ2) is 8.24. The molecule has 7 nitrogen and oxygen atoms in total. The van der Waals surface area contributed by atoms with Crippen LogP contribution in [0.4, 0.5) is 0 Å². The molecular weight excluding hydrogens is 338 g/mol. The van der Waals surface area contributed by atoms with Crippen LogP contribution in [0.25, 0.3) is 0 Å². The highest BCUT2D eigenvalue weighted by Gasteiger charge is 2.29. The first kappa shape index (κ1) is 17.6. The van der Waals surface area contributed by atoms with E-state index in [4.69, 9.17) is 18.9 Å². The second-order valence-electron chi connectivity index (χ2n) is 5.60. The third kappa shape index (κ3) is 4.44. The largest absolute Gasteiger partial charge is 0.497 e. The van der Waals surface area contributed by atoms with Crippen LogP contribution in [0.1, 0.15) is 5.56 Å². The van der Waals surface area contributed by atoms with E-state index in [0.29, 0.717) is 23.8 Å². The molecule has 136 valence electrons. The number of carbonyl (C=O) groups excluding carboxylic acids is 2. The van der Waals surface area contributed by atoms with Gasteiger partial charge in [0.2, 0.25) is 6.10 Å². The van der Waals surface area contributed by atoms with Crippen molar-refractivity contribution >= 4 is 11.9 Å². The van der Waals surface area contributed by atoms with Crippen molar-refractivity contribution in [2.75, 3.05) is 20.3 Å². The standard InChI is InChI=1S/C19H19NO6/c1-23-14-6-4-5-13(9-14)10-20-18(21)12-25-19(22)17-11-24-15-7-2-3-8-16(15)26-17/h2-9,17H,10-12H2,1H3,(H,20,21)/t17-/m0/s1. The lowest BCUT2D eigenvalue weighted by Crippen LogP contribution is -2.39. The van der Waals surface area contributed by atoms with Crippen molar-refractivity contribution in [1.82, 2.24) is 5.32 Å². The third-order valence-corrected chi connectivity index (χ3v) is 3.74. The summed E-state index contributed by atoms with van der Waals surface area (Å²) in [4.78, 5) is 23.9. The van der Waals surface area contributed by atoms with E-state index in [2.05, 4.69) is 5.32 Å². The fourth-order valence-electron chi connectivity index (χ4n) is 2.40. The first-order valence-electron chi connectivity index (χ1n) is 8.10. The highest BCUT2D eigenvalue weighted by Crippen LogP contribution is 2.31. The lowest BCUT2D eigenvalue weighted by molar-refractivity contribution is -0.157. The first-order chi connectivity index (χ1) is 12.7. The molecule has 2 aromatic rings. The van der Waals surface area contributed by atoms with Crippen molar-refractivity contribution in [2.45, 2.75) is 12.6 Å². The van der Waals surface area contributed by atoms with Crippen LogP contribution in [0, 0.1) is 0 Å². The number of benzene rings is 2. The molecule has 0 unspecified atom stereocenters. The summed E-state index contributed by atoms with van der Waals surface area (Å²) in [5.74, 6) is 0.711. The second-order valence-corrected chi connectivity index (χ2v) is 5.60. The predicted molar refractivity (Wildman–Crippen MR) is 92.2 cm³/mol. The van der Waals surface area contributed by atoms with Gasteiger partial charge in [-0.3, -0.25) is 4.79 Å². The molecule has 0 aromatic heterocycles. The number of fused-ring (bicyclic) bond motifs is 1. The van der Waals surface area contributed by atoms with Crippen molar-refractivity contribution < 1.29 is 28.5 Å². The highest BCUT2D eigenvalue weighted by atomic mass is 16.6. The summed E-state index contributed by atoms with van der Waals surface area (Å²) in [5, 5.41) is 2.68. The molecule has 1 aliphatic heterocycles. The Kier molecular flexibility index (Phi) is 5.58. The molecule has 1 atom stereocenters. The number of hydrogen-bond acceptors (Lipinski definition) is 6. The number of methoxy groups -OCH3 is 1. The zero-order valence-corrected chi connectivity index (χ0v) is 14.3. The molecule has 26 heavy (non-hydrogen) atoms. The number of nitrogens with one attached hydrogen (secondary N) is 1. The fourth-order valence-corrected chi connectivity index (χ4v) is 2.40. The minimum absolute atomic E-state index is 0.0429. The van der Waals surface area contributed by atoms with Crippen molar-refractivity contribution in [1.29, 1.82) is 0 Å². The van der Waals surface area contributed by atoms with Gasteiger partial charge >= 0.3 is 5.97 Å². The average Bonchev–Trinajstić information content (AvgIpc) is 2.70. The molecule has 3 rings (SSSR count). The third-order valence-electron chi connectivity index (χ3n) is 3.74. The zero-order chi connectivity index (χ0) is 18.4. The summed E-state index contributed by atoms with van der Waals surface area (Å²) in [5.41, 5.74) is 0.879. The summed E-state index contributed by atoms with van der Waals surface area (Å²) >= 11 is 0. The van der Waals surface area contributed by atoms with E-state index in [9.17, 15) is 9.59 Å². The van der Waals surface area contributed by atoms with Crippen LogP contribution >= 0.6 is 0 Å². The van der Waals surface area contributed by atoms with Crippen molar-refractivity contribution in [3.05, 3.63) is 54.1 Å². The summed E-state index contributed by atoms with van der Waals surface area (Å²) < 4.78 is 21.1. The van der Waals surface area contributed by atoms with E-state index in [1.54, 1.807) is 25.3 Å². The van der Waals surface area contributed by atoms with Gasteiger partial charge in [-0.1, -0.05) is 24.3 Å². The number of esters is 1. The van der Waals surface area contributed by atoms with Gasteiger partial charge in [0, 0.05) is 6.54 Å². The molecule has 1 heterocycles. The van der Waals surface area contributed by atoms with Gasteiger partial charge in [0.05, 0.1) is 7.11 Å². The highest BCUT2D eigenvalue weighted by molar-refractivity contribution is 5.82. The van der Waals surface area contributed by atoms with Crippen molar-refractivity contribution in [3.63, 3.8) is 0 Å². The Balaban J connectivity index is 1.43. The van der Waals surface area contributed by atoms with Crippen LogP contribution in [-0.2, 0) is 20.9 Å². The normalized spacial score (nSPS) is 15.0. The number of carbonyl (C=O) groups is 2. The van der Waals surface area contributed by atoms with E-state index < -0.39 is 18.0 Å². The van der Waals surface area contributed by atoms with Crippen LogP contribution < -0.4 is 19.5 Å². The topological polar surface area (TPSA) is 83.1 Å². The first-order valence-corrected chi connectivity index (χ1v) is 8.10. The van der Waals surface area contributed by atoms with Crippen molar-refractivity contribution in [3.8, 4) is 17.2 Å². The smallest absolute Gasteiger partial charge is 0.351 e. The zero-order valence-electron chi connectivity index (χ0n) is 14.3. The van der Waals surface area contributed by atoms with Gasteiger partial charge in [-0.25, -0.2) is 4.79 Å². The van der Waals surface area contributed by atoms with Crippen molar-refractivity contribution in [2.24, 2.45) is 0 Å². The quantitative estimate of drug-likeness (QED) is 0.793. The lowest BCUT2D eigenvalue weighted by Gasteiger charge is -2.24. The Labute approximate surface area is 150 Å². The van der Waals surface area contributed by atoms with Gasteiger partial charge in [0.15, 0.2) is 18.1 Å². The minimum Gasteiger partial charge on any atom is -0.497 e. The average molecular weight is 357 g/mol. The SMILES string of the molecule is COc1cccc(CNC(=O)COC(=O)[C@@H]2COc3ccccc3O2)c1. The van der Waals surface area contributed by atoms with E-state index in [1.807, 2.05) is 30.3 Å². The Morgan fingerprint density at radius 2 is 1.96 bits per heavy atom. The molecule has 1 N–H and O–H groups in total. The molecular formula is C19H19NO6. The Morgan fingerprint density at radius 3 is 2.77 bits per heavy atom. The van der Waals surface area contributed by atoms with Gasteiger partial charge in [-0.15, -0.1) is 0 Å². The van der Waals surface area contributed by atoms with Gasteiger partial charge in [0.1, 0.15) is 12.4 Å². The lowest BCUT2D eigenvalue weighted by atomic mass is 10.2. The van der Waals surface area contributed by atoms with E-state index in [0.717, 1.165) is 5.56 Å². The number of rotatable bonds is 6. The van der Waals surface area contributed by atoms with Crippen LogP contribution in [0.2, 0.25) is 0 Å². The van der Waals surface area contributed by atoms with E-state index >= 15 is 0 Å². The molecule has 0 spiro atoms. The van der Waals surface area contributed by atoms with Gasteiger partial charge in [-0.05, 0) is 29.8 Å². The minimum atomic E-state index is -0.893. The molecule has 7 heteroatoms. The summed E-state index contributed by atoms with van der Waals surface area (Å²) in [6.07, 6.45) is -0.893. The maximum atomic E-state index is 12.0. The van der Waals surface area contributed by atoms with Gasteiger partial charge < -0.3 is 24.3 Å². The molecule has 1 amide bonds. The van der Waals surface area contributed by atoms with Crippen LogP contribution in [0.15, 0.2) is 48.5 Å². The van der Waals surface area contributed by atoms with E-state index in [1.165, 1.54) is 0 Å². The van der Waals surface area contributed by atoms with Gasteiger partial charge in [-0.2, -0.15) is 0 Å². The van der Waals surface area contributed by atoms with E-state index in [-0.39, 0.29) is 13.2 Å². The van der Waals surface area contributed by atoms with Crippen LogP contribution in [-0.4, -0.2) is 38.3 Å². The molecule has 0 saturated heterocycles. The monoisotopic (exact) mass is 357 g/mol. The van der Waals surface area contributed by atoms with Crippen LogP contribution in [0.5, 0.6) is 17.2 Å². The molecule has 0 bridgehead atoms. The van der Waals surface area contributed by atoms with Gasteiger partial charge in [0.25, 0.3) is 5.91 Å². The molecule has 0 aliphatic carbocycles. The Bertz CT molecular complexity index is 791. The summed E-state index contributed by atoms with van der Waals surface area (Å²) in [6, 6.07) is 14.4. The summed E-state index contributed by atoms with van der Waals surface area (Å²) in [7, 11) is 1.58. The maximum Gasteiger partial charge on any atom is 0.351 e. The number of hydrogen-bond donors (Lipinski definition) is 1. The molecule has 1 aliphatic rings. The maximum absolute atomic E-state index is 12.0. The molecule has 2 aromatic carbocycles. The molecule has 0 radical (unpaired) electrons. The molecule has 0 fully saturated rings. The molecule has 0 saturated carbocycles. The number of para-hydroxylation sites is 2. The number of amides is 1. The van der Waals surface area contributed by atoms with Crippen LogP contribution in [0.3, 0.4) is 0 Å². The Morgan fingerprint density at radius 1 is 1.15 bits per heavy atom. The summed E-state index contributed by atoms with van der Waals surface area (Å²) in [6.45, 7) is -0.0322. The predicted octanol–water partition coefficient (Wildman–Crippen LogP) is 1.69.